The highest BCUT2D eigenvalue weighted by molar-refractivity contribution is 5.76. The number of carbonyl (C=O) groups is 1. The first kappa shape index (κ1) is 36.4. The summed E-state index contributed by atoms with van der Waals surface area (Å²) in [5.74, 6) is -0.0767. The summed E-state index contributed by atoms with van der Waals surface area (Å²) < 4.78 is 0. The zero-order valence-electron chi connectivity index (χ0n) is 24.9. The van der Waals surface area contributed by atoms with E-state index in [2.05, 4.69) is 67.8 Å². The Morgan fingerprint density at radius 1 is 0.658 bits per heavy atom. The minimum Gasteiger partial charge on any atom is -0.394 e. The molecule has 1 amide bonds. The first-order chi connectivity index (χ1) is 18.7. The van der Waals surface area contributed by atoms with Crippen LogP contribution in [0.4, 0.5) is 0 Å². The molecule has 0 saturated heterocycles. The molecule has 38 heavy (non-hydrogen) atoms. The van der Waals surface area contributed by atoms with Gasteiger partial charge in [0.05, 0.1) is 18.8 Å². The lowest BCUT2D eigenvalue weighted by Crippen LogP contribution is -2.45. The summed E-state index contributed by atoms with van der Waals surface area (Å²) in [5, 5.41) is 22.9. The van der Waals surface area contributed by atoms with E-state index in [9.17, 15) is 15.0 Å². The molecule has 3 N–H and O–H groups in total. The van der Waals surface area contributed by atoms with Gasteiger partial charge in [-0.2, -0.15) is 0 Å². The third-order valence-electron chi connectivity index (χ3n) is 6.85. The lowest BCUT2D eigenvalue weighted by Gasteiger charge is -2.22. The maximum absolute atomic E-state index is 12.2. The monoisotopic (exact) mass is 531 g/mol. The molecule has 0 aromatic carbocycles. The van der Waals surface area contributed by atoms with Gasteiger partial charge in [-0.15, -0.1) is 0 Å². The van der Waals surface area contributed by atoms with Gasteiger partial charge < -0.3 is 15.5 Å². The number of carbonyl (C=O) groups excluding carboxylic acids is 1. The number of nitrogens with one attached hydrogen (secondary N) is 1. The number of aliphatic hydroxyl groups is 2. The predicted molar refractivity (Wildman–Crippen MR) is 165 cm³/mol. The summed E-state index contributed by atoms with van der Waals surface area (Å²) in [7, 11) is 0. The standard InChI is InChI=1S/C34H61NO3/c1-3-5-7-9-11-13-15-16-17-18-20-22-24-26-28-30-34(38)35-32(31-36)33(37)29-27-25-23-21-19-14-12-10-8-6-4-2/h5,7,11,13,16-17,20,22,32-33,36-37H,3-4,6,8-10,12,14-15,18-19,21,23-31H2,1-2H3,(H,35,38)/b7-5-,13-11-,17-16-,22-20-. The maximum atomic E-state index is 12.2. The van der Waals surface area contributed by atoms with Gasteiger partial charge in [-0.25, -0.2) is 0 Å². The van der Waals surface area contributed by atoms with Crippen LogP contribution in [0.5, 0.6) is 0 Å². The molecule has 0 radical (unpaired) electrons. The zero-order chi connectivity index (χ0) is 27.9. The molecule has 0 rings (SSSR count). The van der Waals surface area contributed by atoms with E-state index in [1.54, 1.807) is 0 Å². The van der Waals surface area contributed by atoms with Gasteiger partial charge in [-0.3, -0.25) is 4.79 Å². The number of unbranched alkanes of at least 4 members (excludes halogenated alkanes) is 12. The molecule has 0 bridgehead atoms. The van der Waals surface area contributed by atoms with Gasteiger partial charge in [0.25, 0.3) is 0 Å². The van der Waals surface area contributed by atoms with Gasteiger partial charge in [0.2, 0.25) is 5.91 Å². The Labute approximate surface area is 235 Å². The highest BCUT2D eigenvalue weighted by atomic mass is 16.3. The van der Waals surface area contributed by atoms with E-state index < -0.39 is 12.1 Å². The second-order valence-corrected chi connectivity index (χ2v) is 10.5. The molecule has 4 nitrogen and oxygen atoms in total. The molecule has 0 aliphatic carbocycles. The quantitative estimate of drug-likeness (QED) is 0.0732. The second kappa shape index (κ2) is 29.9. The predicted octanol–water partition coefficient (Wildman–Crippen LogP) is 8.89. The van der Waals surface area contributed by atoms with E-state index >= 15 is 0 Å². The van der Waals surface area contributed by atoms with E-state index in [-0.39, 0.29) is 12.5 Å². The summed E-state index contributed by atoms with van der Waals surface area (Å²) in [4.78, 5) is 12.2. The molecular weight excluding hydrogens is 470 g/mol. The van der Waals surface area contributed by atoms with Gasteiger partial charge in [0, 0.05) is 6.42 Å². The third kappa shape index (κ3) is 26.0. The van der Waals surface area contributed by atoms with Crippen LogP contribution in [0.3, 0.4) is 0 Å². The van der Waals surface area contributed by atoms with Crippen LogP contribution in [0.2, 0.25) is 0 Å². The fraction of sp³-hybridized carbons (Fsp3) is 0.735. The first-order valence-electron chi connectivity index (χ1n) is 15.8. The van der Waals surface area contributed by atoms with Crippen LogP contribution in [0.1, 0.15) is 142 Å². The van der Waals surface area contributed by atoms with Gasteiger partial charge in [0.15, 0.2) is 0 Å². The summed E-state index contributed by atoms with van der Waals surface area (Å²) >= 11 is 0. The van der Waals surface area contributed by atoms with Gasteiger partial charge in [-0.1, -0.05) is 133 Å². The molecule has 220 valence electrons. The molecule has 2 unspecified atom stereocenters. The highest BCUT2D eigenvalue weighted by Gasteiger charge is 2.19. The number of hydrogen-bond acceptors (Lipinski definition) is 3. The largest absolute Gasteiger partial charge is 0.394 e. The van der Waals surface area contributed by atoms with Crippen molar-refractivity contribution in [2.45, 2.75) is 154 Å². The second-order valence-electron chi connectivity index (χ2n) is 10.5. The van der Waals surface area contributed by atoms with Crippen molar-refractivity contribution in [2.75, 3.05) is 6.61 Å². The maximum Gasteiger partial charge on any atom is 0.220 e. The molecule has 0 heterocycles. The topological polar surface area (TPSA) is 69.6 Å². The van der Waals surface area contributed by atoms with Crippen molar-refractivity contribution in [2.24, 2.45) is 0 Å². The average Bonchev–Trinajstić information content (AvgIpc) is 2.92. The van der Waals surface area contributed by atoms with Gasteiger partial charge in [0.1, 0.15) is 0 Å². The highest BCUT2D eigenvalue weighted by Crippen LogP contribution is 2.13. The van der Waals surface area contributed by atoms with E-state index in [1.807, 2.05) is 0 Å². The summed E-state index contributed by atoms with van der Waals surface area (Å²) in [5.41, 5.74) is 0. The molecule has 0 fully saturated rings. The van der Waals surface area contributed by atoms with Crippen molar-refractivity contribution < 1.29 is 15.0 Å². The molecule has 4 heteroatoms. The Morgan fingerprint density at radius 2 is 1.16 bits per heavy atom. The third-order valence-corrected chi connectivity index (χ3v) is 6.85. The molecule has 0 saturated carbocycles. The Kier molecular flexibility index (Phi) is 28.6. The molecule has 0 aliphatic heterocycles. The Hall–Kier alpha value is -1.65. The minimum atomic E-state index is -0.674. The number of hydrogen-bond donors (Lipinski definition) is 3. The van der Waals surface area contributed by atoms with Crippen molar-refractivity contribution in [3.05, 3.63) is 48.6 Å². The summed E-state index contributed by atoms with van der Waals surface area (Å²) in [6.45, 7) is 4.19. The van der Waals surface area contributed by atoms with Crippen LogP contribution in [0.15, 0.2) is 48.6 Å². The van der Waals surface area contributed by atoms with E-state index in [1.165, 1.54) is 57.8 Å². The summed E-state index contributed by atoms with van der Waals surface area (Å²) in [6.07, 6.45) is 38.7. The number of allylic oxidation sites excluding steroid dienone is 8. The normalized spacial score (nSPS) is 13.9. The Morgan fingerprint density at radius 3 is 1.68 bits per heavy atom. The fourth-order valence-corrected chi connectivity index (χ4v) is 4.41. The van der Waals surface area contributed by atoms with E-state index in [4.69, 9.17) is 0 Å². The van der Waals surface area contributed by atoms with Crippen molar-refractivity contribution in [3.8, 4) is 0 Å². The lowest BCUT2D eigenvalue weighted by atomic mass is 10.0. The van der Waals surface area contributed by atoms with Crippen LogP contribution < -0.4 is 5.32 Å². The van der Waals surface area contributed by atoms with Crippen LogP contribution in [-0.2, 0) is 4.79 Å². The summed E-state index contributed by atoms with van der Waals surface area (Å²) in [6, 6.07) is -0.556. The van der Waals surface area contributed by atoms with Crippen LogP contribution in [-0.4, -0.2) is 34.9 Å². The van der Waals surface area contributed by atoms with Crippen LogP contribution >= 0.6 is 0 Å². The lowest BCUT2D eigenvalue weighted by molar-refractivity contribution is -0.123. The first-order valence-corrected chi connectivity index (χ1v) is 15.8. The number of rotatable bonds is 27. The van der Waals surface area contributed by atoms with Crippen LogP contribution in [0.25, 0.3) is 0 Å². The van der Waals surface area contributed by atoms with Crippen molar-refractivity contribution in [3.63, 3.8) is 0 Å². The van der Waals surface area contributed by atoms with E-state index in [0.717, 1.165) is 57.8 Å². The van der Waals surface area contributed by atoms with Gasteiger partial charge in [-0.05, 0) is 51.4 Å². The van der Waals surface area contributed by atoms with E-state index in [0.29, 0.717) is 12.8 Å². The molecule has 0 aromatic rings. The van der Waals surface area contributed by atoms with Crippen LogP contribution in [0, 0.1) is 0 Å². The number of amides is 1. The Bertz CT molecular complexity index is 623. The fourth-order valence-electron chi connectivity index (χ4n) is 4.41. The molecule has 2 atom stereocenters. The van der Waals surface area contributed by atoms with Crippen molar-refractivity contribution in [1.29, 1.82) is 0 Å². The number of aliphatic hydroxyl groups excluding tert-OH is 2. The van der Waals surface area contributed by atoms with Gasteiger partial charge >= 0.3 is 0 Å². The minimum absolute atomic E-state index is 0.0767. The Balaban J connectivity index is 3.73. The van der Waals surface area contributed by atoms with Crippen molar-refractivity contribution in [1.82, 2.24) is 5.32 Å². The molecular formula is C34H61NO3. The van der Waals surface area contributed by atoms with Crippen molar-refractivity contribution >= 4 is 5.91 Å². The molecule has 0 spiro atoms. The molecule has 0 aromatic heterocycles. The SMILES string of the molecule is CC/C=C\C/C=C\C/C=C\C/C=C\CCCCC(=O)NC(CO)C(O)CCCCCCCCCCCCC. The smallest absolute Gasteiger partial charge is 0.220 e. The molecule has 0 aliphatic rings. The average molecular weight is 532 g/mol. The zero-order valence-corrected chi connectivity index (χ0v) is 24.9.